The fourth-order valence-corrected chi connectivity index (χ4v) is 2.36. The summed E-state index contributed by atoms with van der Waals surface area (Å²) in [4.78, 5) is 11.0. The summed E-state index contributed by atoms with van der Waals surface area (Å²) >= 11 is 0. The van der Waals surface area contributed by atoms with Crippen LogP contribution in [0.15, 0.2) is 0 Å². The predicted molar refractivity (Wildman–Crippen MR) is 56.9 cm³/mol. The molecule has 0 aliphatic heterocycles. The summed E-state index contributed by atoms with van der Waals surface area (Å²) < 4.78 is 5.39. The summed E-state index contributed by atoms with van der Waals surface area (Å²) in [5.41, 5.74) is 0.297. The number of hydrogen-bond acceptors (Lipinski definition) is 2. The van der Waals surface area contributed by atoms with Crippen molar-refractivity contribution in [1.82, 2.24) is 0 Å². The van der Waals surface area contributed by atoms with E-state index in [9.17, 15) is 4.79 Å². The summed E-state index contributed by atoms with van der Waals surface area (Å²) in [5, 5.41) is 0. The molecule has 1 aliphatic rings. The van der Waals surface area contributed by atoms with Gasteiger partial charge in [-0.25, -0.2) is 0 Å². The third-order valence-corrected chi connectivity index (χ3v) is 4.57. The molecule has 2 nitrogen and oxygen atoms in total. The molecule has 1 aliphatic carbocycles. The lowest BCUT2D eigenvalue weighted by atomic mass is 9.67. The molecule has 2 atom stereocenters. The van der Waals surface area contributed by atoms with Gasteiger partial charge >= 0.3 is 5.97 Å². The zero-order chi connectivity index (χ0) is 11.1. The van der Waals surface area contributed by atoms with E-state index >= 15 is 0 Å². The first-order valence-electron chi connectivity index (χ1n) is 5.37. The normalized spacial score (nSPS) is 34.1. The molecule has 0 radical (unpaired) electrons. The van der Waals surface area contributed by atoms with Gasteiger partial charge in [0.2, 0.25) is 0 Å². The van der Waals surface area contributed by atoms with Gasteiger partial charge in [-0.1, -0.05) is 34.6 Å². The van der Waals surface area contributed by atoms with Gasteiger partial charge < -0.3 is 4.74 Å². The van der Waals surface area contributed by atoms with Gasteiger partial charge in [0.15, 0.2) is 0 Å². The van der Waals surface area contributed by atoms with Crippen molar-refractivity contribution >= 4 is 5.97 Å². The molecule has 0 aromatic rings. The molecule has 0 aromatic carbocycles. The average molecular weight is 198 g/mol. The van der Waals surface area contributed by atoms with Gasteiger partial charge in [-0.15, -0.1) is 0 Å². The molecule has 82 valence electrons. The molecule has 0 N–H and O–H groups in total. The van der Waals surface area contributed by atoms with Crippen molar-refractivity contribution in [2.45, 2.75) is 54.1 Å². The summed E-state index contributed by atoms with van der Waals surface area (Å²) in [6.45, 7) is 12.7. The van der Waals surface area contributed by atoms with Crippen LogP contribution in [0.25, 0.3) is 0 Å². The first kappa shape index (κ1) is 11.5. The van der Waals surface area contributed by atoms with Crippen LogP contribution in [0.3, 0.4) is 0 Å². The van der Waals surface area contributed by atoms with E-state index in [1.807, 2.05) is 0 Å². The Labute approximate surface area is 87.0 Å². The lowest BCUT2D eigenvalue weighted by molar-refractivity contribution is -0.152. The third-order valence-electron chi connectivity index (χ3n) is 4.57. The number of rotatable bonds is 1. The van der Waals surface area contributed by atoms with Gasteiger partial charge in [-0.2, -0.15) is 0 Å². The minimum Gasteiger partial charge on any atom is -0.462 e. The van der Waals surface area contributed by atoms with E-state index in [4.69, 9.17) is 4.74 Å². The molecule has 0 aromatic heterocycles. The monoisotopic (exact) mass is 198 g/mol. The second-order valence-electron chi connectivity index (χ2n) is 5.68. The average Bonchev–Trinajstić information content (AvgIpc) is 2.12. The zero-order valence-corrected chi connectivity index (χ0v) is 10.2. The highest BCUT2D eigenvalue weighted by atomic mass is 16.5. The number of hydrogen-bond donors (Lipinski definition) is 0. The quantitative estimate of drug-likeness (QED) is 0.605. The molecule has 0 spiro atoms. The van der Waals surface area contributed by atoms with Gasteiger partial charge in [0, 0.05) is 12.3 Å². The first-order chi connectivity index (χ1) is 6.19. The van der Waals surface area contributed by atoms with E-state index in [-0.39, 0.29) is 22.9 Å². The Kier molecular flexibility index (Phi) is 2.68. The topological polar surface area (TPSA) is 26.3 Å². The van der Waals surface area contributed by atoms with E-state index in [1.54, 1.807) is 0 Å². The second kappa shape index (κ2) is 3.25. The highest BCUT2D eigenvalue weighted by molar-refractivity contribution is 5.66. The Morgan fingerprint density at radius 3 is 2.00 bits per heavy atom. The van der Waals surface area contributed by atoms with Gasteiger partial charge in [0.1, 0.15) is 6.10 Å². The van der Waals surface area contributed by atoms with Crippen LogP contribution in [0.1, 0.15) is 48.0 Å². The molecule has 0 saturated heterocycles. The third kappa shape index (κ3) is 1.55. The van der Waals surface area contributed by atoms with E-state index in [0.29, 0.717) is 5.92 Å². The van der Waals surface area contributed by atoms with Crippen molar-refractivity contribution in [2.24, 2.45) is 16.7 Å². The van der Waals surface area contributed by atoms with Crippen molar-refractivity contribution in [3.05, 3.63) is 0 Å². The highest BCUT2D eigenvalue weighted by Gasteiger charge is 2.54. The van der Waals surface area contributed by atoms with Crippen molar-refractivity contribution in [1.29, 1.82) is 0 Å². The molecule has 0 bridgehead atoms. The Morgan fingerprint density at radius 1 is 1.21 bits per heavy atom. The van der Waals surface area contributed by atoms with Crippen LogP contribution in [0.4, 0.5) is 0 Å². The Hall–Kier alpha value is -0.530. The summed E-state index contributed by atoms with van der Waals surface area (Å²) in [5.74, 6) is 0.440. The summed E-state index contributed by atoms with van der Waals surface area (Å²) in [6.07, 6.45) is 1.06. The molecular formula is C12H22O2. The van der Waals surface area contributed by atoms with Crippen LogP contribution in [0.2, 0.25) is 0 Å². The van der Waals surface area contributed by atoms with Crippen LogP contribution in [-0.2, 0) is 9.53 Å². The molecule has 14 heavy (non-hydrogen) atoms. The van der Waals surface area contributed by atoms with Gasteiger partial charge in [-0.05, 0) is 17.8 Å². The Bertz CT molecular complexity index is 241. The minimum absolute atomic E-state index is 0.0675. The van der Waals surface area contributed by atoms with E-state index in [0.717, 1.165) is 6.42 Å². The van der Waals surface area contributed by atoms with Crippen LogP contribution < -0.4 is 0 Å². The Balaban J connectivity index is 2.88. The molecular weight excluding hydrogens is 176 g/mol. The Morgan fingerprint density at radius 2 is 1.71 bits per heavy atom. The lowest BCUT2D eigenvalue weighted by Crippen LogP contribution is -2.38. The van der Waals surface area contributed by atoms with Gasteiger partial charge in [-0.3, -0.25) is 4.79 Å². The molecule has 2 unspecified atom stereocenters. The lowest BCUT2D eigenvalue weighted by Gasteiger charge is -2.40. The smallest absolute Gasteiger partial charge is 0.302 e. The highest BCUT2D eigenvalue weighted by Crippen LogP contribution is 2.56. The summed E-state index contributed by atoms with van der Waals surface area (Å²) in [7, 11) is 0. The maximum atomic E-state index is 11.0. The van der Waals surface area contributed by atoms with Crippen LogP contribution >= 0.6 is 0 Å². The SMILES string of the molecule is CC(=O)OC1CC(C)C(C)(C)C1(C)C. The first-order valence-corrected chi connectivity index (χ1v) is 5.37. The number of carbonyl (C=O) groups excluding carboxylic acids is 1. The second-order valence-corrected chi connectivity index (χ2v) is 5.68. The molecule has 1 saturated carbocycles. The molecule has 2 heteroatoms. The molecule has 1 fully saturated rings. The van der Waals surface area contributed by atoms with Gasteiger partial charge in [0.25, 0.3) is 0 Å². The standard InChI is InChI=1S/C12H22O2/c1-8-7-10(14-9(2)13)12(5,6)11(8,3)4/h8,10H,7H2,1-6H3. The largest absolute Gasteiger partial charge is 0.462 e. The summed E-state index contributed by atoms with van der Waals surface area (Å²) in [6, 6.07) is 0. The minimum atomic E-state index is -0.159. The molecule has 1 rings (SSSR count). The number of esters is 1. The van der Waals surface area contributed by atoms with E-state index in [1.165, 1.54) is 6.92 Å². The van der Waals surface area contributed by atoms with Crippen LogP contribution in [0, 0.1) is 16.7 Å². The van der Waals surface area contributed by atoms with Crippen molar-refractivity contribution in [2.75, 3.05) is 0 Å². The zero-order valence-electron chi connectivity index (χ0n) is 10.2. The molecule has 0 amide bonds. The van der Waals surface area contributed by atoms with Crippen LogP contribution in [0.5, 0.6) is 0 Å². The van der Waals surface area contributed by atoms with E-state index < -0.39 is 0 Å². The van der Waals surface area contributed by atoms with Crippen molar-refractivity contribution < 1.29 is 9.53 Å². The number of carbonyl (C=O) groups is 1. The van der Waals surface area contributed by atoms with Crippen molar-refractivity contribution in [3.8, 4) is 0 Å². The molecule has 0 heterocycles. The van der Waals surface area contributed by atoms with E-state index in [2.05, 4.69) is 34.6 Å². The van der Waals surface area contributed by atoms with Crippen molar-refractivity contribution in [3.63, 3.8) is 0 Å². The fraction of sp³-hybridized carbons (Fsp3) is 0.917. The fourth-order valence-electron chi connectivity index (χ4n) is 2.36. The maximum absolute atomic E-state index is 11.0. The van der Waals surface area contributed by atoms with Gasteiger partial charge in [0.05, 0.1) is 0 Å². The predicted octanol–water partition coefficient (Wildman–Crippen LogP) is 3.01. The maximum Gasteiger partial charge on any atom is 0.302 e. The van der Waals surface area contributed by atoms with Crippen LogP contribution in [-0.4, -0.2) is 12.1 Å². The number of ether oxygens (including phenoxy) is 1.